The number of pyridine rings is 1. The van der Waals surface area contributed by atoms with Crippen LogP contribution in [0, 0.1) is 0 Å². The molecule has 0 spiro atoms. The fourth-order valence-electron chi connectivity index (χ4n) is 2.89. The summed E-state index contributed by atoms with van der Waals surface area (Å²) in [6.07, 6.45) is 6.88. The molecule has 0 radical (unpaired) electrons. The van der Waals surface area contributed by atoms with E-state index in [0.29, 0.717) is 11.5 Å². The van der Waals surface area contributed by atoms with Crippen LogP contribution in [0.1, 0.15) is 0 Å². The van der Waals surface area contributed by atoms with Gasteiger partial charge in [0.2, 0.25) is 0 Å². The molecule has 122 valence electrons. The number of hydrogen-bond donors (Lipinski definition) is 1. The second-order valence-corrected chi connectivity index (χ2v) is 5.55. The number of nitrogens with zero attached hydrogens (tertiary/aromatic N) is 7. The van der Waals surface area contributed by atoms with E-state index in [2.05, 4.69) is 29.9 Å². The number of rotatable bonds is 3. The minimum atomic E-state index is 0.549. The smallest absolute Gasteiger partial charge is 0.181 e. The molecule has 0 bridgehead atoms. The first-order valence-corrected chi connectivity index (χ1v) is 7.84. The maximum atomic E-state index is 6.30. The molecule has 24 heavy (non-hydrogen) atoms. The van der Waals surface area contributed by atoms with Crippen molar-refractivity contribution in [3.63, 3.8) is 0 Å². The van der Waals surface area contributed by atoms with Gasteiger partial charge in [-0.15, -0.1) is 0 Å². The number of anilines is 3. The summed E-state index contributed by atoms with van der Waals surface area (Å²) in [6, 6.07) is 7.81. The lowest BCUT2D eigenvalue weighted by molar-refractivity contribution is 0.641. The Hall–Kier alpha value is -3.16. The van der Waals surface area contributed by atoms with Crippen molar-refractivity contribution in [1.29, 1.82) is 0 Å². The van der Waals surface area contributed by atoms with Crippen LogP contribution >= 0.6 is 0 Å². The summed E-state index contributed by atoms with van der Waals surface area (Å²) >= 11 is 0. The Balaban J connectivity index is 1.53. The molecule has 3 aromatic rings. The first-order valence-electron chi connectivity index (χ1n) is 7.84. The van der Waals surface area contributed by atoms with Crippen molar-refractivity contribution in [2.75, 3.05) is 41.7 Å². The van der Waals surface area contributed by atoms with Crippen LogP contribution in [0.5, 0.6) is 0 Å². The van der Waals surface area contributed by atoms with Gasteiger partial charge in [0.1, 0.15) is 17.8 Å². The van der Waals surface area contributed by atoms with E-state index in [1.165, 1.54) is 6.33 Å². The molecule has 0 aliphatic carbocycles. The Labute approximate surface area is 139 Å². The van der Waals surface area contributed by atoms with Gasteiger partial charge in [-0.05, 0) is 18.2 Å². The van der Waals surface area contributed by atoms with Crippen LogP contribution in [-0.2, 0) is 0 Å². The maximum Gasteiger partial charge on any atom is 0.181 e. The zero-order chi connectivity index (χ0) is 16.4. The van der Waals surface area contributed by atoms with E-state index in [4.69, 9.17) is 5.73 Å². The molecule has 0 amide bonds. The van der Waals surface area contributed by atoms with Gasteiger partial charge in [0, 0.05) is 44.8 Å². The molecule has 1 fully saturated rings. The largest absolute Gasteiger partial charge is 0.393 e. The Bertz CT molecular complexity index is 794. The molecular formula is C16H18N8. The van der Waals surface area contributed by atoms with Crippen LogP contribution < -0.4 is 15.5 Å². The summed E-state index contributed by atoms with van der Waals surface area (Å²) in [7, 11) is 0. The van der Waals surface area contributed by atoms with Gasteiger partial charge >= 0.3 is 0 Å². The van der Waals surface area contributed by atoms with Crippen molar-refractivity contribution in [1.82, 2.24) is 24.7 Å². The normalized spacial score (nSPS) is 14.8. The predicted octanol–water partition coefficient (Wildman–Crippen LogP) is 0.966. The van der Waals surface area contributed by atoms with Gasteiger partial charge < -0.3 is 15.5 Å². The summed E-state index contributed by atoms with van der Waals surface area (Å²) in [5.74, 6) is 2.37. The highest BCUT2D eigenvalue weighted by Gasteiger charge is 2.22. The summed E-state index contributed by atoms with van der Waals surface area (Å²) in [6.45, 7) is 3.40. The fourth-order valence-corrected chi connectivity index (χ4v) is 2.89. The second-order valence-electron chi connectivity index (χ2n) is 5.55. The summed E-state index contributed by atoms with van der Waals surface area (Å²) in [4.78, 5) is 17.5. The van der Waals surface area contributed by atoms with Gasteiger partial charge in [-0.1, -0.05) is 6.07 Å². The summed E-state index contributed by atoms with van der Waals surface area (Å²) in [5.41, 5.74) is 6.85. The lowest BCUT2D eigenvalue weighted by Crippen LogP contribution is -2.47. The molecule has 4 heterocycles. The minimum Gasteiger partial charge on any atom is -0.393 e. The number of piperazine rings is 1. The molecule has 1 saturated heterocycles. The second kappa shape index (κ2) is 6.15. The molecule has 0 atom stereocenters. The third kappa shape index (κ3) is 2.62. The van der Waals surface area contributed by atoms with Crippen LogP contribution in [0.25, 0.3) is 5.82 Å². The first kappa shape index (κ1) is 14.4. The lowest BCUT2D eigenvalue weighted by Gasteiger charge is -2.36. The zero-order valence-corrected chi connectivity index (χ0v) is 13.2. The molecule has 1 aliphatic heterocycles. The molecule has 2 N–H and O–H groups in total. The minimum absolute atomic E-state index is 0.549. The highest BCUT2D eigenvalue weighted by molar-refractivity contribution is 5.70. The van der Waals surface area contributed by atoms with E-state index in [-0.39, 0.29) is 0 Å². The first-order chi connectivity index (χ1) is 11.8. The van der Waals surface area contributed by atoms with E-state index < -0.39 is 0 Å². The molecule has 0 unspecified atom stereocenters. The number of hydrogen-bond acceptors (Lipinski definition) is 7. The van der Waals surface area contributed by atoms with Crippen LogP contribution in [0.2, 0.25) is 0 Å². The van der Waals surface area contributed by atoms with Gasteiger partial charge in [-0.2, -0.15) is 5.10 Å². The third-order valence-corrected chi connectivity index (χ3v) is 4.12. The monoisotopic (exact) mass is 322 g/mol. The molecular weight excluding hydrogens is 304 g/mol. The van der Waals surface area contributed by atoms with E-state index in [1.54, 1.807) is 10.9 Å². The van der Waals surface area contributed by atoms with Gasteiger partial charge in [0.15, 0.2) is 11.6 Å². The number of aromatic nitrogens is 5. The average molecular weight is 322 g/mol. The van der Waals surface area contributed by atoms with E-state index in [0.717, 1.165) is 37.8 Å². The van der Waals surface area contributed by atoms with Gasteiger partial charge in [-0.25, -0.2) is 19.6 Å². The average Bonchev–Trinajstić information content (AvgIpc) is 3.17. The third-order valence-electron chi connectivity index (χ3n) is 4.12. The Morgan fingerprint density at radius 1 is 0.833 bits per heavy atom. The van der Waals surface area contributed by atoms with Crippen LogP contribution in [-0.4, -0.2) is 50.9 Å². The Kier molecular flexibility index (Phi) is 3.70. The molecule has 3 aromatic heterocycles. The van der Waals surface area contributed by atoms with Crippen LogP contribution in [0.15, 0.2) is 49.2 Å². The van der Waals surface area contributed by atoms with E-state index >= 15 is 0 Å². The number of nitrogen functional groups attached to an aromatic ring is 1. The van der Waals surface area contributed by atoms with Crippen molar-refractivity contribution < 1.29 is 0 Å². The standard InChI is InChI=1S/C16H18N8/c17-14-15(19-12-20-16(14)24-7-3-6-21-24)23-10-8-22(9-11-23)13-4-1-2-5-18-13/h1-7,12H,8-11,17H2. The zero-order valence-electron chi connectivity index (χ0n) is 13.2. The predicted molar refractivity (Wildman–Crippen MR) is 92.2 cm³/mol. The molecule has 0 aromatic carbocycles. The lowest BCUT2D eigenvalue weighted by atomic mass is 10.3. The van der Waals surface area contributed by atoms with Gasteiger partial charge in [0.25, 0.3) is 0 Å². The van der Waals surface area contributed by atoms with Crippen molar-refractivity contribution in [3.05, 3.63) is 49.2 Å². The van der Waals surface area contributed by atoms with Crippen molar-refractivity contribution in [3.8, 4) is 5.82 Å². The van der Waals surface area contributed by atoms with Crippen molar-refractivity contribution >= 4 is 17.3 Å². The molecule has 8 heteroatoms. The van der Waals surface area contributed by atoms with Crippen LogP contribution in [0.4, 0.5) is 17.3 Å². The molecule has 1 aliphatic rings. The SMILES string of the molecule is Nc1c(N2CCN(c3ccccn3)CC2)ncnc1-n1cccn1. The maximum absolute atomic E-state index is 6.30. The number of nitrogens with two attached hydrogens (primary N) is 1. The molecule has 0 saturated carbocycles. The highest BCUT2D eigenvalue weighted by atomic mass is 15.3. The summed E-state index contributed by atoms with van der Waals surface area (Å²) < 4.78 is 1.66. The Morgan fingerprint density at radius 2 is 1.62 bits per heavy atom. The van der Waals surface area contributed by atoms with Crippen LogP contribution in [0.3, 0.4) is 0 Å². The van der Waals surface area contributed by atoms with Gasteiger partial charge in [-0.3, -0.25) is 0 Å². The quantitative estimate of drug-likeness (QED) is 0.768. The topological polar surface area (TPSA) is 89.0 Å². The van der Waals surface area contributed by atoms with Crippen molar-refractivity contribution in [2.45, 2.75) is 0 Å². The van der Waals surface area contributed by atoms with E-state index in [1.807, 2.05) is 36.7 Å². The van der Waals surface area contributed by atoms with Crippen molar-refractivity contribution in [2.24, 2.45) is 0 Å². The molecule has 8 nitrogen and oxygen atoms in total. The molecule has 4 rings (SSSR count). The summed E-state index contributed by atoms with van der Waals surface area (Å²) in [5, 5.41) is 4.20. The fraction of sp³-hybridized carbons (Fsp3) is 0.250. The highest BCUT2D eigenvalue weighted by Crippen LogP contribution is 2.26. The van der Waals surface area contributed by atoms with E-state index in [9.17, 15) is 0 Å². The Morgan fingerprint density at radius 3 is 2.33 bits per heavy atom. The van der Waals surface area contributed by atoms with Gasteiger partial charge in [0.05, 0.1) is 0 Å².